The van der Waals surface area contributed by atoms with Gasteiger partial charge in [0, 0.05) is 12.1 Å². The summed E-state index contributed by atoms with van der Waals surface area (Å²) in [4.78, 5) is 5.85. The van der Waals surface area contributed by atoms with Crippen LogP contribution in [0.5, 0.6) is 0 Å². The molecule has 0 aliphatic heterocycles. The molecule has 0 radical (unpaired) electrons. The predicted molar refractivity (Wildman–Crippen MR) is 60.5 cm³/mol. The summed E-state index contributed by atoms with van der Waals surface area (Å²) in [5.41, 5.74) is 0.00793. The molecule has 1 heterocycles. The van der Waals surface area contributed by atoms with Gasteiger partial charge in [0.15, 0.2) is 0 Å². The Balaban J connectivity index is 2.57. The average Bonchev–Trinajstić information content (AvgIpc) is 2.15. The molecule has 0 spiro atoms. The van der Waals surface area contributed by atoms with Gasteiger partial charge < -0.3 is 10.2 Å². The number of aromatic nitrogens is 1. The summed E-state index contributed by atoms with van der Waals surface area (Å²) >= 11 is 0. The normalized spacial score (nSPS) is 11.9. The lowest BCUT2D eigenvalue weighted by molar-refractivity contribution is 0.210. The Hall–Kier alpha value is -1.16. The number of pyridine rings is 1. The number of halogens is 1. The SMILES string of the molecule is CN(C)C(C)(C)CNc1cccc(F)n1. The van der Waals surface area contributed by atoms with Crippen molar-refractivity contribution >= 4 is 5.82 Å². The van der Waals surface area contributed by atoms with Gasteiger partial charge in [-0.25, -0.2) is 4.98 Å². The first kappa shape index (κ1) is 11.9. The summed E-state index contributed by atoms with van der Waals surface area (Å²) < 4.78 is 12.8. The first-order chi connectivity index (χ1) is 6.92. The van der Waals surface area contributed by atoms with Crippen LogP contribution in [0.1, 0.15) is 13.8 Å². The zero-order valence-electron chi connectivity index (χ0n) is 9.71. The third kappa shape index (κ3) is 3.47. The van der Waals surface area contributed by atoms with Crippen molar-refractivity contribution in [2.24, 2.45) is 0 Å². The van der Waals surface area contributed by atoms with Crippen molar-refractivity contribution in [2.45, 2.75) is 19.4 Å². The van der Waals surface area contributed by atoms with Crippen molar-refractivity contribution in [3.8, 4) is 0 Å². The molecular formula is C11H18FN3. The highest BCUT2D eigenvalue weighted by Gasteiger charge is 2.19. The number of anilines is 1. The van der Waals surface area contributed by atoms with Crippen molar-refractivity contribution in [1.29, 1.82) is 0 Å². The van der Waals surface area contributed by atoms with Crippen molar-refractivity contribution < 1.29 is 4.39 Å². The molecule has 1 rings (SSSR count). The van der Waals surface area contributed by atoms with Crippen molar-refractivity contribution in [2.75, 3.05) is 26.0 Å². The lowest BCUT2D eigenvalue weighted by atomic mass is 10.0. The Labute approximate surface area is 90.3 Å². The van der Waals surface area contributed by atoms with Gasteiger partial charge in [0.1, 0.15) is 5.82 Å². The molecule has 0 fully saturated rings. The minimum Gasteiger partial charge on any atom is -0.368 e. The van der Waals surface area contributed by atoms with E-state index in [0.29, 0.717) is 5.82 Å². The highest BCUT2D eigenvalue weighted by molar-refractivity contribution is 5.34. The van der Waals surface area contributed by atoms with Gasteiger partial charge in [-0.15, -0.1) is 0 Å². The van der Waals surface area contributed by atoms with Crippen molar-refractivity contribution in [1.82, 2.24) is 9.88 Å². The van der Waals surface area contributed by atoms with Crippen LogP contribution in [-0.4, -0.2) is 36.1 Å². The van der Waals surface area contributed by atoms with Crippen LogP contribution in [0.2, 0.25) is 0 Å². The molecule has 0 aromatic carbocycles. The van der Waals surface area contributed by atoms with Gasteiger partial charge in [0.25, 0.3) is 0 Å². The second-order valence-corrected chi connectivity index (χ2v) is 4.41. The first-order valence-corrected chi connectivity index (χ1v) is 4.96. The maximum atomic E-state index is 12.8. The Morgan fingerprint density at radius 3 is 2.60 bits per heavy atom. The van der Waals surface area contributed by atoms with Crippen LogP contribution in [-0.2, 0) is 0 Å². The average molecular weight is 211 g/mol. The minimum absolute atomic E-state index is 0.00793. The maximum absolute atomic E-state index is 12.8. The zero-order chi connectivity index (χ0) is 11.5. The van der Waals surface area contributed by atoms with Gasteiger partial charge in [0.2, 0.25) is 5.95 Å². The molecule has 0 unspecified atom stereocenters. The summed E-state index contributed by atoms with van der Waals surface area (Å²) in [5, 5.41) is 3.11. The predicted octanol–water partition coefficient (Wildman–Crippen LogP) is 1.97. The van der Waals surface area contributed by atoms with E-state index in [1.807, 2.05) is 14.1 Å². The molecular weight excluding hydrogens is 193 g/mol. The number of likely N-dealkylation sites (N-methyl/N-ethyl adjacent to an activating group) is 1. The molecule has 0 atom stereocenters. The van der Waals surface area contributed by atoms with E-state index in [1.165, 1.54) is 6.07 Å². The molecule has 0 saturated heterocycles. The van der Waals surface area contributed by atoms with Gasteiger partial charge in [-0.05, 0) is 40.1 Å². The molecule has 1 N–H and O–H groups in total. The van der Waals surface area contributed by atoms with Crippen LogP contribution in [0.4, 0.5) is 10.2 Å². The molecule has 15 heavy (non-hydrogen) atoms. The molecule has 0 amide bonds. The molecule has 0 bridgehead atoms. The fourth-order valence-electron chi connectivity index (χ4n) is 0.972. The van der Waals surface area contributed by atoms with E-state index in [4.69, 9.17) is 0 Å². The summed E-state index contributed by atoms with van der Waals surface area (Å²) in [5.74, 6) is 0.118. The van der Waals surface area contributed by atoms with Crippen LogP contribution in [0.25, 0.3) is 0 Å². The number of rotatable bonds is 4. The highest BCUT2D eigenvalue weighted by atomic mass is 19.1. The number of nitrogens with zero attached hydrogens (tertiary/aromatic N) is 2. The lowest BCUT2D eigenvalue weighted by Crippen LogP contribution is -2.44. The standard InChI is InChI=1S/C11H18FN3/c1-11(2,15(3)4)8-13-10-7-5-6-9(12)14-10/h5-7H,8H2,1-4H3,(H,13,14). The molecule has 0 saturated carbocycles. The number of hydrogen-bond acceptors (Lipinski definition) is 3. The van der Waals surface area contributed by atoms with Crippen molar-refractivity contribution in [3.05, 3.63) is 24.1 Å². The van der Waals surface area contributed by atoms with E-state index >= 15 is 0 Å². The highest BCUT2D eigenvalue weighted by Crippen LogP contribution is 2.11. The largest absolute Gasteiger partial charge is 0.368 e. The Kier molecular flexibility index (Phi) is 3.63. The first-order valence-electron chi connectivity index (χ1n) is 4.96. The summed E-state index contributed by atoms with van der Waals surface area (Å²) in [6, 6.07) is 4.74. The summed E-state index contributed by atoms with van der Waals surface area (Å²) in [6.45, 7) is 4.94. The van der Waals surface area contributed by atoms with Gasteiger partial charge in [0.05, 0.1) is 0 Å². The minimum atomic E-state index is -0.456. The fraction of sp³-hybridized carbons (Fsp3) is 0.545. The van der Waals surface area contributed by atoms with E-state index in [0.717, 1.165) is 6.54 Å². The van der Waals surface area contributed by atoms with Gasteiger partial charge in [-0.3, -0.25) is 0 Å². The third-order valence-corrected chi connectivity index (χ3v) is 2.63. The quantitative estimate of drug-likeness (QED) is 0.772. The van der Waals surface area contributed by atoms with Crippen LogP contribution < -0.4 is 5.32 Å². The number of hydrogen-bond donors (Lipinski definition) is 1. The van der Waals surface area contributed by atoms with Crippen LogP contribution in [0, 0.1) is 5.95 Å². The smallest absolute Gasteiger partial charge is 0.214 e. The maximum Gasteiger partial charge on any atom is 0.214 e. The van der Waals surface area contributed by atoms with Crippen LogP contribution in [0.3, 0.4) is 0 Å². The van der Waals surface area contributed by atoms with Crippen molar-refractivity contribution in [3.63, 3.8) is 0 Å². The van der Waals surface area contributed by atoms with E-state index in [2.05, 4.69) is 29.0 Å². The van der Waals surface area contributed by atoms with Crippen LogP contribution in [0.15, 0.2) is 18.2 Å². The second-order valence-electron chi connectivity index (χ2n) is 4.41. The van der Waals surface area contributed by atoms with Gasteiger partial charge in [-0.2, -0.15) is 4.39 Å². The Morgan fingerprint density at radius 1 is 1.40 bits per heavy atom. The lowest BCUT2D eigenvalue weighted by Gasteiger charge is -2.32. The van der Waals surface area contributed by atoms with Crippen LogP contribution >= 0.6 is 0 Å². The molecule has 0 aliphatic carbocycles. The number of nitrogens with one attached hydrogen (secondary N) is 1. The third-order valence-electron chi connectivity index (χ3n) is 2.63. The second kappa shape index (κ2) is 4.57. The molecule has 84 valence electrons. The topological polar surface area (TPSA) is 28.2 Å². The van der Waals surface area contributed by atoms with Gasteiger partial charge >= 0.3 is 0 Å². The van der Waals surface area contributed by atoms with E-state index in [9.17, 15) is 4.39 Å². The summed E-state index contributed by atoms with van der Waals surface area (Å²) in [7, 11) is 4.03. The monoisotopic (exact) mass is 211 g/mol. The molecule has 0 aliphatic rings. The van der Waals surface area contributed by atoms with E-state index in [-0.39, 0.29) is 5.54 Å². The summed E-state index contributed by atoms with van der Waals surface area (Å²) in [6.07, 6.45) is 0. The van der Waals surface area contributed by atoms with E-state index in [1.54, 1.807) is 12.1 Å². The molecule has 4 heteroatoms. The van der Waals surface area contributed by atoms with E-state index < -0.39 is 5.95 Å². The van der Waals surface area contributed by atoms with Gasteiger partial charge in [-0.1, -0.05) is 6.07 Å². The zero-order valence-corrected chi connectivity index (χ0v) is 9.71. The fourth-order valence-corrected chi connectivity index (χ4v) is 0.972. The Morgan fingerprint density at radius 2 is 2.07 bits per heavy atom. The Bertz CT molecular complexity index is 323. The molecule has 1 aromatic heterocycles. The molecule has 1 aromatic rings. The molecule has 3 nitrogen and oxygen atoms in total.